The number of carbonyl (C=O) groups excluding carboxylic acids is 2. The lowest BCUT2D eigenvalue weighted by atomic mass is 9.96. The lowest BCUT2D eigenvalue weighted by Crippen LogP contribution is -2.12. The summed E-state index contributed by atoms with van der Waals surface area (Å²) in [4.78, 5) is 24.3. The standard InChI is InChI=1S/C18H15ClO3/c1-12(18(21)22-13(2)19)15-9-6-10-16(11-15)17(20)14-7-4-3-5-8-14/h3-12H,2H2,1H3. The SMILES string of the molecule is C=C(Cl)OC(=O)C(C)c1cccc(C(=O)c2ccccc2)c1. The van der Waals surface area contributed by atoms with E-state index in [-0.39, 0.29) is 11.0 Å². The average Bonchev–Trinajstić information content (AvgIpc) is 2.53. The summed E-state index contributed by atoms with van der Waals surface area (Å²) in [5, 5.41) is -0.173. The fourth-order valence-electron chi connectivity index (χ4n) is 2.04. The molecule has 3 nitrogen and oxygen atoms in total. The molecular formula is C18H15ClO3. The van der Waals surface area contributed by atoms with Crippen LogP contribution in [0, 0.1) is 0 Å². The third-order valence-corrected chi connectivity index (χ3v) is 3.33. The zero-order chi connectivity index (χ0) is 16.1. The number of halogens is 1. The molecule has 0 amide bonds. The molecule has 0 heterocycles. The highest BCUT2D eigenvalue weighted by Gasteiger charge is 2.19. The maximum absolute atomic E-state index is 12.4. The number of hydrogen-bond donors (Lipinski definition) is 0. The fourth-order valence-corrected chi connectivity index (χ4v) is 2.12. The van der Waals surface area contributed by atoms with Crippen LogP contribution in [0.1, 0.15) is 34.3 Å². The molecule has 0 radical (unpaired) electrons. The minimum atomic E-state index is -0.543. The molecule has 2 rings (SSSR count). The van der Waals surface area contributed by atoms with Crippen molar-refractivity contribution in [3.63, 3.8) is 0 Å². The average molecular weight is 315 g/mol. The van der Waals surface area contributed by atoms with E-state index in [1.54, 1.807) is 43.3 Å². The van der Waals surface area contributed by atoms with Crippen LogP contribution < -0.4 is 0 Å². The first-order chi connectivity index (χ1) is 10.5. The molecule has 1 unspecified atom stereocenters. The zero-order valence-electron chi connectivity index (χ0n) is 12.1. The quantitative estimate of drug-likeness (QED) is 0.470. The predicted molar refractivity (Wildman–Crippen MR) is 85.8 cm³/mol. The Morgan fingerprint density at radius 1 is 1.05 bits per heavy atom. The van der Waals surface area contributed by atoms with Gasteiger partial charge in [-0.2, -0.15) is 0 Å². The maximum Gasteiger partial charge on any atom is 0.319 e. The second-order valence-corrected chi connectivity index (χ2v) is 5.24. The Kier molecular flexibility index (Phi) is 5.12. The molecule has 0 aliphatic heterocycles. The number of hydrogen-bond acceptors (Lipinski definition) is 3. The summed E-state index contributed by atoms with van der Waals surface area (Å²) in [5.74, 6) is -1.15. The number of carbonyl (C=O) groups is 2. The number of esters is 1. The van der Waals surface area contributed by atoms with Gasteiger partial charge in [0.15, 0.2) is 11.0 Å². The number of ketones is 1. The normalized spacial score (nSPS) is 11.5. The van der Waals surface area contributed by atoms with Gasteiger partial charge in [-0.1, -0.05) is 48.5 Å². The van der Waals surface area contributed by atoms with E-state index >= 15 is 0 Å². The Morgan fingerprint density at radius 3 is 2.32 bits per heavy atom. The molecule has 4 heteroatoms. The third-order valence-electron chi connectivity index (χ3n) is 3.25. The molecule has 0 bridgehead atoms. The Bertz CT molecular complexity index is 707. The molecule has 2 aromatic carbocycles. The molecule has 112 valence electrons. The van der Waals surface area contributed by atoms with Crippen LogP contribution in [0.15, 0.2) is 66.4 Å². The summed E-state index contributed by atoms with van der Waals surface area (Å²) in [6.45, 7) is 5.01. The van der Waals surface area contributed by atoms with Gasteiger partial charge in [-0.25, -0.2) is 0 Å². The van der Waals surface area contributed by atoms with Gasteiger partial charge in [-0.05, 0) is 36.7 Å². The number of ether oxygens (including phenoxy) is 1. The first-order valence-corrected chi connectivity index (χ1v) is 7.12. The van der Waals surface area contributed by atoms with Gasteiger partial charge in [0.05, 0.1) is 5.92 Å². The van der Waals surface area contributed by atoms with Crippen molar-refractivity contribution in [2.24, 2.45) is 0 Å². The number of rotatable bonds is 5. The van der Waals surface area contributed by atoms with E-state index in [4.69, 9.17) is 16.3 Å². The van der Waals surface area contributed by atoms with Crippen molar-refractivity contribution in [2.45, 2.75) is 12.8 Å². The second-order valence-electron chi connectivity index (χ2n) is 4.82. The molecule has 0 spiro atoms. The molecule has 0 aliphatic carbocycles. The molecule has 0 saturated carbocycles. The smallest absolute Gasteiger partial charge is 0.319 e. The van der Waals surface area contributed by atoms with E-state index in [0.717, 1.165) is 0 Å². The van der Waals surface area contributed by atoms with Crippen LogP contribution in [0.4, 0.5) is 0 Å². The molecule has 0 aromatic heterocycles. The first-order valence-electron chi connectivity index (χ1n) is 6.75. The van der Waals surface area contributed by atoms with Crippen molar-refractivity contribution in [3.05, 3.63) is 83.1 Å². The molecule has 22 heavy (non-hydrogen) atoms. The van der Waals surface area contributed by atoms with Gasteiger partial charge in [0.2, 0.25) is 0 Å². The van der Waals surface area contributed by atoms with Crippen LogP contribution >= 0.6 is 11.6 Å². The van der Waals surface area contributed by atoms with E-state index in [9.17, 15) is 9.59 Å². The highest BCUT2D eigenvalue weighted by Crippen LogP contribution is 2.21. The molecule has 1 atom stereocenters. The van der Waals surface area contributed by atoms with Gasteiger partial charge in [-0.3, -0.25) is 9.59 Å². The summed E-state index contributed by atoms with van der Waals surface area (Å²) >= 11 is 5.47. The van der Waals surface area contributed by atoms with Crippen LogP contribution in [-0.2, 0) is 9.53 Å². The van der Waals surface area contributed by atoms with E-state index in [2.05, 4.69) is 6.58 Å². The van der Waals surface area contributed by atoms with Crippen LogP contribution in [-0.4, -0.2) is 11.8 Å². The fraction of sp³-hybridized carbons (Fsp3) is 0.111. The van der Waals surface area contributed by atoms with Crippen molar-refractivity contribution in [1.29, 1.82) is 0 Å². The van der Waals surface area contributed by atoms with Crippen molar-refractivity contribution < 1.29 is 14.3 Å². The molecule has 0 aliphatic rings. The molecule has 0 N–H and O–H groups in total. The zero-order valence-corrected chi connectivity index (χ0v) is 12.8. The number of benzene rings is 2. The van der Waals surface area contributed by atoms with Gasteiger partial charge < -0.3 is 4.74 Å². The van der Waals surface area contributed by atoms with Gasteiger partial charge in [0, 0.05) is 11.1 Å². The summed E-state index contributed by atoms with van der Waals surface area (Å²) in [6, 6.07) is 15.9. The molecule has 0 fully saturated rings. The Morgan fingerprint density at radius 2 is 1.68 bits per heavy atom. The molecule has 0 saturated heterocycles. The largest absolute Gasteiger partial charge is 0.414 e. The Hall–Kier alpha value is -2.39. The highest BCUT2D eigenvalue weighted by molar-refractivity contribution is 6.28. The Balaban J connectivity index is 2.25. The minimum absolute atomic E-state index is 0.0928. The monoisotopic (exact) mass is 314 g/mol. The minimum Gasteiger partial charge on any atom is -0.414 e. The van der Waals surface area contributed by atoms with Crippen LogP contribution in [0.3, 0.4) is 0 Å². The summed E-state index contributed by atoms with van der Waals surface area (Å²) in [5.41, 5.74) is 1.81. The summed E-state index contributed by atoms with van der Waals surface area (Å²) < 4.78 is 4.80. The topological polar surface area (TPSA) is 43.4 Å². The van der Waals surface area contributed by atoms with Crippen LogP contribution in [0.5, 0.6) is 0 Å². The maximum atomic E-state index is 12.4. The van der Waals surface area contributed by atoms with E-state index < -0.39 is 11.9 Å². The summed E-state index contributed by atoms with van der Waals surface area (Å²) in [7, 11) is 0. The van der Waals surface area contributed by atoms with E-state index in [1.807, 2.05) is 18.2 Å². The highest BCUT2D eigenvalue weighted by atomic mass is 35.5. The first kappa shape index (κ1) is 16.0. The van der Waals surface area contributed by atoms with Crippen molar-refractivity contribution in [2.75, 3.05) is 0 Å². The van der Waals surface area contributed by atoms with Crippen molar-refractivity contribution in [1.82, 2.24) is 0 Å². The lowest BCUT2D eigenvalue weighted by molar-refractivity contribution is -0.139. The van der Waals surface area contributed by atoms with Crippen molar-refractivity contribution >= 4 is 23.4 Å². The summed E-state index contributed by atoms with van der Waals surface area (Å²) in [6.07, 6.45) is 0. The third kappa shape index (κ3) is 3.83. The van der Waals surface area contributed by atoms with Gasteiger partial charge in [0.25, 0.3) is 0 Å². The second kappa shape index (κ2) is 7.05. The van der Waals surface area contributed by atoms with Gasteiger partial charge >= 0.3 is 5.97 Å². The van der Waals surface area contributed by atoms with Crippen LogP contribution in [0.25, 0.3) is 0 Å². The molecule has 2 aromatic rings. The lowest BCUT2D eigenvalue weighted by Gasteiger charge is -2.11. The van der Waals surface area contributed by atoms with Gasteiger partial charge in [-0.15, -0.1) is 0 Å². The van der Waals surface area contributed by atoms with Crippen LogP contribution in [0.2, 0.25) is 0 Å². The van der Waals surface area contributed by atoms with E-state index in [1.165, 1.54) is 0 Å². The van der Waals surface area contributed by atoms with Crippen molar-refractivity contribution in [3.8, 4) is 0 Å². The molecular weight excluding hydrogens is 300 g/mol. The predicted octanol–water partition coefficient (Wildman–Crippen LogP) is 4.27. The van der Waals surface area contributed by atoms with Gasteiger partial charge in [0.1, 0.15) is 0 Å². The van der Waals surface area contributed by atoms with E-state index in [0.29, 0.717) is 16.7 Å². The Labute approximate surface area is 134 Å².